The van der Waals surface area contributed by atoms with Crippen LogP contribution < -0.4 is 10.1 Å². The maximum absolute atomic E-state index is 12.4. The molecule has 8 heteroatoms. The number of benzene rings is 3. The monoisotopic (exact) mass is 423 g/mol. The molecule has 5 nitrogen and oxygen atoms in total. The van der Waals surface area contributed by atoms with Crippen LogP contribution >= 0.6 is 34.8 Å². The number of carbonyl (C=O) groups excluding carboxylic acids is 1. The molecule has 0 radical (unpaired) electrons. The number of amides is 1. The third kappa shape index (κ3) is 4.57. The predicted octanol–water partition coefficient (Wildman–Crippen LogP) is 6.10. The summed E-state index contributed by atoms with van der Waals surface area (Å²) in [6.45, 7) is 0. The fourth-order valence-electron chi connectivity index (χ4n) is 2.24. The lowest BCUT2D eigenvalue weighted by Gasteiger charge is -2.11. The molecule has 0 aliphatic heterocycles. The van der Waals surface area contributed by atoms with Crippen LogP contribution in [0.25, 0.3) is 0 Å². The Labute approximate surface area is 169 Å². The Morgan fingerprint density at radius 1 is 0.889 bits per heavy atom. The Morgan fingerprint density at radius 3 is 2.26 bits per heavy atom. The topological polar surface area (TPSA) is 78.8 Å². The lowest BCUT2D eigenvalue weighted by atomic mass is 10.1. The van der Waals surface area contributed by atoms with E-state index in [1.807, 2.05) is 0 Å². The van der Waals surface area contributed by atoms with Crippen LogP contribution in [0.3, 0.4) is 0 Å². The van der Waals surface area contributed by atoms with Gasteiger partial charge in [0.2, 0.25) is 0 Å². The summed E-state index contributed by atoms with van der Waals surface area (Å²) in [7, 11) is 0. The molecule has 0 aromatic heterocycles. The zero-order valence-electron chi connectivity index (χ0n) is 13.5. The third-order valence-corrected chi connectivity index (χ3v) is 4.33. The van der Waals surface area contributed by atoms with E-state index < -0.39 is 5.91 Å². The van der Waals surface area contributed by atoms with Crippen molar-refractivity contribution in [2.75, 3.05) is 5.32 Å². The first-order chi connectivity index (χ1) is 12.8. The van der Waals surface area contributed by atoms with Crippen LogP contribution in [-0.2, 0) is 0 Å². The van der Waals surface area contributed by atoms with Gasteiger partial charge >= 0.3 is 0 Å². The summed E-state index contributed by atoms with van der Waals surface area (Å²) >= 11 is 17.9. The van der Waals surface area contributed by atoms with Crippen LogP contribution in [-0.4, -0.2) is 16.1 Å². The number of carbonyl (C=O) groups is 1. The molecule has 0 saturated heterocycles. The van der Waals surface area contributed by atoms with E-state index in [1.165, 1.54) is 30.3 Å². The van der Waals surface area contributed by atoms with Crippen molar-refractivity contribution in [2.24, 2.45) is 0 Å². The Hall–Kier alpha value is -2.60. The molecule has 0 bridgehead atoms. The molecular formula is C19H12Cl3NO4. The quantitative estimate of drug-likeness (QED) is 0.472. The molecular weight excluding hydrogens is 413 g/mol. The molecule has 138 valence electrons. The van der Waals surface area contributed by atoms with Crippen LogP contribution in [0.2, 0.25) is 15.1 Å². The standard InChI is InChI=1S/C19H12Cl3NO4/c20-10-7-14(18(25)16(22)8-10)19(26)23-11-1-6-17(15(21)9-11)27-13-4-2-12(24)3-5-13/h1-9,24-25H,(H,23,26). The molecule has 3 rings (SSSR count). The van der Waals surface area contributed by atoms with Gasteiger partial charge in [0, 0.05) is 10.7 Å². The molecule has 3 aromatic rings. The van der Waals surface area contributed by atoms with E-state index in [1.54, 1.807) is 24.3 Å². The number of nitrogens with one attached hydrogen (secondary N) is 1. The van der Waals surface area contributed by atoms with Gasteiger partial charge in [-0.05, 0) is 54.6 Å². The van der Waals surface area contributed by atoms with Crippen LogP contribution in [0.4, 0.5) is 5.69 Å². The molecule has 0 unspecified atom stereocenters. The van der Waals surface area contributed by atoms with Crippen LogP contribution in [0.5, 0.6) is 23.0 Å². The largest absolute Gasteiger partial charge is 0.508 e. The molecule has 0 heterocycles. The highest BCUT2D eigenvalue weighted by molar-refractivity contribution is 6.36. The fourth-order valence-corrected chi connectivity index (χ4v) is 2.95. The van der Waals surface area contributed by atoms with Gasteiger partial charge in [-0.15, -0.1) is 0 Å². The van der Waals surface area contributed by atoms with Gasteiger partial charge in [-0.2, -0.15) is 0 Å². The summed E-state index contributed by atoms with van der Waals surface area (Å²) in [4.78, 5) is 12.4. The maximum atomic E-state index is 12.4. The van der Waals surface area contributed by atoms with Crippen LogP contribution in [0, 0.1) is 0 Å². The van der Waals surface area contributed by atoms with Crippen molar-refractivity contribution in [1.29, 1.82) is 0 Å². The molecule has 3 aromatic carbocycles. The number of phenolic OH excluding ortho intramolecular Hbond substituents is 2. The summed E-state index contributed by atoms with van der Waals surface area (Å²) in [6, 6.07) is 13.5. The summed E-state index contributed by atoms with van der Waals surface area (Å²) in [5, 5.41) is 22.3. The third-order valence-electron chi connectivity index (χ3n) is 3.53. The van der Waals surface area contributed by atoms with E-state index in [0.29, 0.717) is 17.2 Å². The Morgan fingerprint density at radius 2 is 1.59 bits per heavy atom. The second kappa shape index (κ2) is 7.96. The lowest BCUT2D eigenvalue weighted by Crippen LogP contribution is -2.12. The minimum absolute atomic E-state index is 0.0247. The smallest absolute Gasteiger partial charge is 0.259 e. The van der Waals surface area contributed by atoms with E-state index >= 15 is 0 Å². The number of rotatable bonds is 4. The van der Waals surface area contributed by atoms with Gasteiger partial charge in [-0.25, -0.2) is 0 Å². The minimum Gasteiger partial charge on any atom is -0.508 e. The Bertz CT molecular complexity index is 1010. The van der Waals surface area contributed by atoms with Gasteiger partial charge < -0.3 is 20.3 Å². The van der Waals surface area contributed by atoms with Gasteiger partial charge in [-0.1, -0.05) is 34.8 Å². The van der Waals surface area contributed by atoms with Gasteiger partial charge in [0.1, 0.15) is 23.0 Å². The molecule has 3 N–H and O–H groups in total. The van der Waals surface area contributed by atoms with Crippen molar-refractivity contribution < 1.29 is 19.7 Å². The number of ether oxygens (including phenoxy) is 1. The van der Waals surface area contributed by atoms with Crippen LogP contribution in [0.15, 0.2) is 54.6 Å². The first kappa shape index (κ1) is 19.2. The van der Waals surface area contributed by atoms with Crippen LogP contribution in [0.1, 0.15) is 10.4 Å². The second-order valence-corrected chi connectivity index (χ2v) is 6.73. The van der Waals surface area contributed by atoms with Crippen molar-refractivity contribution in [1.82, 2.24) is 0 Å². The predicted molar refractivity (Wildman–Crippen MR) is 106 cm³/mol. The number of hydrogen-bond acceptors (Lipinski definition) is 4. The van der Waals surface area contributed by atoms with E-state index in [4.69, 9.17) is 39.5 Å². The summed E-state index contributed by atoms with van der Waals surface area (Å²) in [6.07, 6.45) is 0. The number of halogens is 3. The highest BCUT2D eigenvalue weighted by Crippen LogP contribution is 2.34. The lowest BCUT2D eigenvalue weighted by molar-refractivity contribution is 0.102. The normalized spacial score (nSPS) is 10.5. The molecule has 27 heavy (non-hydrogen) atoms. The summed E-state index contributed by atoms with van der Waals surface area (Å²) in [5.41, 5.74) is 0.326. The van der Waals surface area contributed by atoms with E-state index in [9.17, 15) is 15.0 Å². The maximum Gasteiger partial charge on any atom is 0.259 e. The zero-order chi connectivity index (χ0) is 19.6. The van der Waals surface area contributed by atoms with Crippen molar-refractivity contribution in [3.63, 3.8) is 0 Å². The molecule has 0 aliphatic carbocycles. The van der Waals surface area contributed by atoms with Gasteiger partial charge in [0.15, 0.2) is 0 Å². The average Bonchev–Trinajstić information content (AvgIpc) is 2.62. The SMILES string of the molecule is O=C(Nc1ccc(Oc2ccc(O)cc2)c(Cl)c1)c1cc(Cl)cc(Cl)c1O. The highest BCUT2D eigenvalue weighted by Gasteiger charge is 2.16. The number of aromatic hydroxyl groups is 2. The Balaban J connectivity index is 1.78. The van der Waals surface area contributed by atoms with Crippen molar-refractivity contribution in [3.05, 3.63) is 75.2 Å². The van der Waals surface area contributed by atoms with E-state index in [-0.39, 0.29) is 32.1 Å². The minimum atomic E-state index is -0.597. The van der Waals surface area contributed by atoms with E-state index in [0.717, 1.165) is 0 Å². The average molecular weight is 425 g/mol. The highest BCUT2D eigenvalue weighted by atomic mass is 35.5. The van der Waals surface area contributed by atoms with Crippen molar-refractivity contribution >= 4 is 46.4 Å². The molecule has 1 amide bonds. The van der Waals surface area contributed by atoms with Gasteiger partial charge in [0.05, 0.1) is 15.6 Å². The number of phenols is 2. The molecule has 0 fully saturated rings. The molecule has 0 atom stereocenters. The molecule has 0 saturated carbocycles. The summed E-state index contributed by atoms with van der Waals surface area (Å²) in [5.74, 6) is 0.0203. The number of anilines is 1. The number of hydrogen-bond donors (Lipinski definition) is 3. The molecule has 0 spiro atoms. The van der Waals surface area contributed by atoms with E-state index in [2.05, 4.69) is 5.32 Å². The van der Waals surface area contributed by atoms with Gasteiger partial charge in [-0.3, -0.25) is 4.79 Å². The molecule has 0 aliphatic rings. The summed E-state index contributed by atoms with van der Waals surface area (Å²) < 4.78 is 5.63. The Kier molecular flexibility index (Phi) is 5.65. The van der Waals surface area contributed by atoms with Crippen molar-refractivity contribution in [2.45, 2.75) is 0 Å². The second-order valence-electron chi connectivity index (χ2n) is 5.48. The first-order valence-corrected chi connectivity index (χ1v) is 8.72. The first-order valence-electron chi connectivity index (χ1n) is 7.59. The van der Waals surface area contributed by atoms with Crippen molar-refractivity contribution in [3.8, 4) is 23.0 Å². The van der Waals surface area contributed by atoms with Gasteiger partial charge in [0.25, 0.3) is 5.91 Å². The zero-order valence-corrected chi connectivity index (χ0v) is 15.8. The fraction of sp³-hybridized carbons (Fsp3) is 0.